The summed E-state index contributed by atoms with van der Waals surface area (Å²) in [5.41, 5.74) is 0.00278. The molecule has 0 saturated carbocycles. The molecule has 13 heteroatoms. The molecule has 0 spiro atoms. The molecule has 0 atom stereocenters. The Morgan fingerprint density at radius 3 is 2.32 bits per heavy atom. The first-order chi connectivity index (χ1) is 14.7. The van der Waals surface area contributed by atoms with Crippen molar-refractivity contribution in [2.24, 2.45) is 0 Å². The Balaban J connectivity index is 1.85. The van der Waals surface area contributed by atoms with Crippen molar-refractivity contribution in [3.05, 3.63) is 64.9 Å². The molecule has 0 aliphatic rings. The van der Waals surface area contributed by atoms with Gasteiger partial charge in [-0.2, -0.15) is 5.21 Å². The first-order valence-corrected chi connectivity index (χ1v) is 12.6. The zero-order valence-corrected chi connectivity index (χ0v) is 18.7. The second-order valence-electron chi connectivity index (χ2n) is 6.46. The fourth-order valence-electron chi connectivity index (χ4n) is 2.96. The third-order valence-corrected chi connectivity index (χ3v) is 7.92. The second-order valence-corrected chi connectivity index (χ2v) is 11.0. The molecule has 1 heterocycles. The highest BCUT2D eigenvalue weighted by molar-refractivity contribution is 9.10. The summed E-state index contributed by atoms with van der Waals surface area (Å²) in [6.45, 7) is 0. The largest absolute Gasteiger partial charge is 0.506 e. The van der Waals surface area contributed by atoms with E-state index >= 15 is 0 Å². The molecule has 0 aliphatic carbocycles. The van der Waals surface area contributed by atoms with Crippen molar-refractivity contribution in [2.45, 2.75) is 15.5 Å². The third kappa shape index (κ3) is 4.24. The first-order valence-electron chi connectivity index (χ1n) is 8.65. The number of phenols is 1. The number of halogens is 1. The summed E-state index contributed by atoms with van der Waals surface area (Å²) < 4.78 is 54.8. The molecule has 0 radical (unpaired) electrons. The molecule has 3 aromatic carbocycles. The molecule has 4 aromatic rings. The van der Waals surface area contributed by atoms with Crippen LogP contribution in [0.15, 0.2) is 68.9 Å². The van der Waals surface area contributed by atoms with Gasteiger partial charge < -0.3 is 5.11 Å². The molecule has 0 unspecified atom stereocenters. The summed E-state index contributed by atoms with van der Waals surface area (Å²) in [6, 6.07) is 13.4. The number of hydrogen-bond acceptors (Lipinski definition) is 8. The maximum atomic E-state index is 12.9. The van der Waals surface area contributed by atoms with E-state index in [9.17, 15) is 21.9 Å². The van der Waals surface area contributed by atoms with Gasteiger partial charge in [0.25, 0.3) is 10.0 Å². The van der Waals surface area contributed by atoms with Gasteiger partial charge >= 0.3 is 0 Å². The number of phenolic OH excluding ortho intramolecular Hbond substituents is 1. The molecule has 3 N–H and O–H groups in total. The minimum absolute atomic E-state index is 0.00278. The second kappa shape index (κ2) is 7.90. The standard InChI is InChI=1S/C18H14BrN5O5S2/c19-11-5-7-12(8-6-11)31(28,29)22-15-9-16(18(25)14-4-2-1-3-13(14)15)30(26,27)10-17-20-23-24-21-17/h1-9,22,25H,10H2,(H,20,21,23,24). The lowest BCUT2D eigenvalue weighted by molar-refractivity contribution is 0.465. The highest BCUT2D eigenvalue weighted by Crippen LogP contribution is 2.38. The van der Waals surface area contributed by atoms with Crippen molar-refractivity contribution in [2.75, 3.05) is 4.72 Å². The molecule has 0 aliphatic heterocycles. The van der Waals surface area contributed by atoms with Gasteiger partial charge in [-0.05, 0) is 30.3 Å². The molecule has 0 amide bonds. The number of H-pyrrole nitrogens is 1. The van der Waals surface area contributed by atoms with Gasteiger partial charge in [0.05, 0.1) is 10.6 Å². The Morgan fingerprint density at radius 2 is 1.68 bits per heavy atom. The lowest BCUT2D eigenvalue weighted by Gasteiger charge is -2.15. The Kier molecular flexibility index (Phi) is 5.41. The fraction of sp³-hybridized carbons (Fsp3) is 0.0556. The van der Waals surface area contributed by atoms with Gasteiger partial charge in [0, 0.05) is 15.2 Å². The Bertz CT molecular complexity index is 1470. The quantitative estimate of drug-likeness (QED) is 0.325. The van der Waals surface area contributed by atoms with E-state index in [0.717, 1.165) is 6.07 Å². The molecule has 31 heavy (non-hydrogen) atoms. The summed E-state index contributed by atoms with van der Waals surface area (Å²) in [5.74, 6) is -1.22. The van der Waals surface area contributed by atoms with Gasteiger partial charge in [0.2, 0.25) is 0 Å². The summed E-state index contributed by atoms with van der Waals surface area (Å²) in [4.78, 5) is -0.464. The minimum atomic E-state index is -4.13. The van der Waals surface area contributed by atoms with Crippen LogP contribution in [0.25, 0.3) is 10.8 Å². The van der Waals surface area contributed by atoms with Crippen molar-refractivity contribution in [1.29, 1.82) is 0 Å². The van der Waals surface area contributed by atoms with Crippen LogP contribution in [0, 0.1) is 0 Å². The Labute approximate surface area is 185 Å². The van der Waals surface area contributed by atoms with Crippen LogP contribution >= 0.6 is 15.9 Å². The molecular formula is C18H14BrN5O5S2. The molecule has 0 bridgehead atoms. The number of rotatable bonds is 6. The summed E-state index contributed by atoms with van der Waals surface area (Å²) in [5, 5.41) is 23.9. The molecule has 4 rings (SSSR count). The van der Waals surface area contributed by atoms with Crippen LogP contribution in [-0.4, -0.2) is 42.6 Å². The predicted octanol–water partition coefficient (Wildman–Crippen LogP) is 2.60. The Hall–Kier alpha value is -3.03. The first kappa shape index (κ1) is 21.2. The van der Waals surface area contributed by atoms with Gasteiger partial charge in [0.15, 0.2) is 15.7 Å². The normalized spacial score (nSPS) is 12.2. The number of fused-ring (bicyclic) bond motifs is 1. The number of nitrogens with zero attached hydrogens (tertiary/aromatic N) is 3. The van der Waals surface area contributed by atoms with E-state index in [1.807, 2.05) is 0 Å². The number of aromatic nitrogens is 4. The fourth-order valence-corrected chi connectivity index (χ4v) is 5.62. The zero-order valence-electron chi connectivity index (χ0n) is 15.5. The lowest BCUT2D eigenvalue weighted by atomic mass is 10.1. The van der Waals surface area contributed by atoms with Gasteiger partial charge in [-0.15, -0.1) is 10.2 Å². The number of nitrogens with one attached hydrogen (secondary N) is 2. The van der Waals surface area contributed by atoms with Crippen molar-refractivity contribution in [1.82, 2.24) is 20.6 Å². The average molecular weight is 524 g/mol. The number of aromatic amines is 1. The van der Waals surface area contributed by atoms with E-state index < -0.39 is 36.3 Å². The van der Waals surface area contributed by atoms with Crippen LogP contribution < -0.4 is 4.72 Å². The highest BCUT2D eigenvalue weighted by Gasteiger charge is 2.26. The number of hydrogen-bond donors (Lipinski definition) is 3. The summed E-state index contributed by atoms with van der Waals surface area (Å²) in [6.07, 6.45) is 0. The SMILES string of the molecule is O=S(=O)(Cc1nn[nH]n1)c1cc(NS(=O)(=O)c2ccc(Br)cc2)c2ccccc2c1O. The average Bonchev–Trinajstić information content (AvgIpc) is 3.22. The molecule has 0 saturated heterocycles. The minimum Gasteiger partial charge on any atom is -0.506 e. The van der Waals surface area contributed by atoms with Crippen LogP contribution in [0.4, 0.5) is 5.69 Å². The molecule has 160 valence electrons. The zero-order chi connectivity index (χ0) is 22.2. The van der Waals surface area contributed by atoms with E-state index in [-0.39, 0.29) is 21.8 Å². The summed E-state index contributed by atoms with van der Waals surface area (Å²) >= 11 is 3.25. The number of sulfone groups is 1. The van der Waals surface area contributed by atoms with Crippen LogP contribution in [0.2, 0.25) is 0 Å². The third-order valence-electron chi connectivity index (χ3n) is 4.39. The van der Waals surface area contributed by atoms with Crippen LogP contribution in [0.3, 0.4) is 0 Å². The summed E-state index contributed by atoms with van der Waals surface area (Å²) in [7, 11) is -8.16. The molecule has 0 fully saturated rings. The topological polar surface area (TPSA) is 155 Å². The van der Waals surface area contributed by atoms with Gasteiger partial charge in [0.1, 0.15) is 16.4 Å². The van der Waals surface area contributed by atoms with Gasteiger partial charge in [-0.1, -0.05) is 45.4 Å². The number of aromatic hydroxyl groups is 1. The van der Waals surface area contributed by atoms with Crippen molar-refractivity contribution >= 4 is 52.3 Å². The van der Waals surface area contributed by atoms with E-state index in [1.165, 1.54) is 18.2 Å². The van der Waals surface area contributed by atoms with Crippen molar-refractivity contribution in [3.8, 4) is 5.75 Å². The van der Waals surface area contributed by atoms with E-state index in [0.29, 0.717) is 9.86 Å². The molecule has 10 nitrogen and oxygen atoms in total. The van der Waals surface area contributed by atoms with Gasteiger partial charge in [-0.25, -0.2) is 16.8 Å². The lowest BCUT2D eigenvalue weighted by Crippen LogP contribution is -2.14. The van der Waals surface area contributed by atoms with E-state index in [2.05, 4.69) is 41.3 Å². The Morgan fingerprint density at radius 1 is 1.00 bits per heavy atom. The van der Waals surface area contributed by atoms with E-state index in [1.54, 1.807) is 30.3 Å². The van der Waals surface area contributed by atoms with Crippen LogP contribution in [0.5, 0.6) is 5.75 Å². The maximum Gasteiger partial charge on any atom is 0.261 e. The van der Waals surface area contributed by atoms with Crippen molar-refractivity contribution in [3.63, 3.8) is 0 Å². The van der Waals surface area contributed by atoms with E-state index in [4.69, 9.17) is 0 Å². The highest BCUT2D eigenvalue weighted by atomic mass is 79.9. The van der Waals surface area contributed by atoms with Gasteiger partial charge in [-0.3, -0.25) is 4.72 Å². The van der Waals surface area contributed by atoms with Crippen LogP contribution in [-0.2, 0) is 25.6 Å². The smallest absolute Gasteiger partial charge is 0.261 e. The number of tetrazole rings is 1. The van der Waals surface area contributed by atoms with Crippen LogP contribution in [0.1, 0.15) is 5.82 Å². The monoisotopic (exact) mass is 523 g/mol. The number of benzene rings is 3. The number of anilines is 1. The maximum absolute atomic E-state index is 12.9. The molecule has 1 aromatic heterocycles. The molecular weight excluding hydrogens is 510 g/mol. The number of sulfonamides is 1. The van der Waals surface area contributed by atoms with Crippen molar-refractivity contribution < 1.29 is 21.9 Å². The predicted molar refractivity (Wildman–Crippen MR) is 116 cm³/mol.